The summed E-state index contributed by atoms with van der Waals surface area (Å²) in [6.45, 7) is 10.5. The van der Waals surface area contributed by atoms with Gasteiger partial charge >= 0.3 is 0 Å². The van der Waals surface area contributed by atoms with E-state index in [1.807, 2.05) is 19.1 Å². The molecule has 0 amide bonds. The number of likely N-dealkylation sites (N-methyl/N-ethyl adjacent to an activating group) is 1. The summed E-state index contributed by atoms with van der Waals surface area (Å²) in [6, 6.07) is 11.8. The first-order valence-electron chi connectivity index (χ1n) is 14.1. The van der Waals surface area contributed by atoms with Gasteiger partial charge in [0.1, 0.15) is 22.4 Å². The van der Waals surface area contributed by atoms with E-state index in [1.165, 1.54) is 10.4 Å². The zero-order valence-corrected chi connectivity index (χ0v) is 23.4. The zero-order chi connectivity index (χ0) is 28.4. The largest absolute Gasteiger partial charge is 0.491 e. The van der Waals surface area contributed by atoms with Crippen LogP contribution in [0.2, 0.25) is 0 Å². The minimum absolute atomic E-state index is 0.246. The zero-order valence-electron chi connectivity index (χ0n) is 23.4. The van der Waals surface area contributed by atoms with Crippen molar-refractivity contribution in [3.63, 3.8) is 0 Å². The van der Waals surface area contributed by atoms with Gasteiger partial charge in [0.2, 0.25) is 5.95 Å². The van der Waals surface area contributed by atoms with Crippen LogP contribution in [0.15, 0.2) is 60.0 Å². The van der Waals surface area contributed by atoms with E-state index in [-0.39, 0.29) is 17.5 Å². The van der Waals surface area contributed by atoms with Crippen LogP contribution in [-0.2, 0) is 12.1 Å². The Morgan fingerprint density at radius 1 is 1.10 bits per heavy atom. The van der Waals surface area contributed by atoms with Crippen molar-refractivity contribution >= 4 is 28.4 Å². The predicted molar refractivity (Wildman–Crippen MR) is 157 cm³/mol. The maximum atomic E-state index is 13.4. The summed E-state index contributed by atoms with van der Waals surface area (Å²) in [5, 5.41) is 15.2. The summed E-state index contributed by atoms with van der Waals surface area (Å²) < 4.78 is 9.18. The minimum atomic E-state index is -1.14. The smallest absolute Gasteiger partial charge is 0.278 e. The third-order valence-electron chi connectivity index (χ3n) is 8.88. The fraction of sp³-hybridized carbons (Fsp3) is 0.400. The molecule has 3 aliphatic rings. The predicted octanol–water partition coefficient (Wildman–Crippen LogP) is 3.04. The molecule has 3 aromatic heterocycles. The molecule has 7 rings (SSSR count). The highest BCUT2D eigenvalue weighted by atomic mass is 16.5. The number of pyridine rings is 1. The van der Waals surface area contributed by atoms with Crippen LogP contribution in [0, 0.1) is 5.41 Å². The van der Waals surface area contributed by atoms with Crippen LogP contribution < -0.4 is 20.5 Å². The Balaban J connectivity index is 1.25. The Labute approximate surface area is 237 Å². The normalized spacial score (nSPS) is 21.5. The van der Waals surface area contributed by atoms with E-state index in [0.29, 0.717) is 40.8 Å². The van der Waals surface area contributed by atoms with E-state index >= 15 is 0 Å². The molecule has 1 spiro atoms. The summed E-state index contributed by atoms with van der Waals surface area (Å²) in [4.78, 5) is 32.2. The SMILES string of the molecule is C=CCn1c(=O)c2cnc(Nc3ccc(N4CCN(C)CC4)cc3)nc2n1-c1ccc2c(n1)C(C)(O)C1(CC1)CO2. The summed E-state index contributed by atoms with van der Waals surface area (Å²) in [5.41, 5.74) is 1.22. The lowest BCUT2D eigenvalue weighted by Gasteiger charge is -2.38. The number of allylic oxidation sites excluding steroid dienone is 1. The number of piperazine rings is 1. The molecular weight excluding hydrogens is 520 g/mol. The number of benzene rings is 1. The highest BCUT2D eigenvalue weighted by molar-refractivity contribution is 5.77. The number of anilines is 3. The number of rotatable bonds is 6. The van der Waals surface area contributed by atoms with Crippen LogP contribution in [0.25, 0.3) is 16.9 Å². The molecule has 1 aromatic carbocycles. The lowest BCUT2D eigenvalue weighted by atomic mass is 9.81. The van der Waals surface area contributed by atoms with Crippen molar-refractivity contribution in [3.05, 3.63) is 71.3 Å². The first-order chi connectivity index (χ1) is 19.8. The number of aromatic nitrogens is 5. The van der Waals surface area contributed by atoms with Crippen molar-refractivity contribution in [1.29, 1.82) is 0 Å². The van der Waals surface area contributed by atoms with Gasteiger partial charge in [-0.15, -0.1) is 6.58 Å². The number of hydrogen-bond acceptors (Lipinski definition) is 9. The van der Waals surface area contributed by atoms with Gasteiger partial charge in [0.05, 0.1) is 13.2 Å². The van der Waals surface area contributed by atoms with Gasteiger partial charge < -0.3 is 25.0 Å². The van der Waals surface area contributed by atoms with Gasteiger partial charge in [0.25, 0.3) is 5.56 Å². The molecule has 2 aliphatic heterocycles. The third kappa shape index (κ3) is 4.18. The van der Waals surface area contributed by atoms with Crippen LogP contribution in [0.5, 0.6) is 5.75 Å². The number of ether oxygens (including phenoxy) is 1. The molecule has 0 radical (unpaired) electrons. The fourth-order valence-corrected chi connectivity index (χ4v) is 5.97. The molecule has 11 heteroatoms. The molecule has 1 saturated heterocycles. The Hall–Kier alpha value is -4.22. The van der Waals surface area contributed by atoms with Crippen LogP contribution in [0.1, 0.15) is 25.5 Å². The summed E-state index contributed by atoms with van der Waals surface area (Å²) in [7, 11) is 2.15. The second-order valence-electron chi connectivity index (χ2n) is 11.5. The van der Waals surface area contributed by atoms with Gasteiger partial charge in [0, 0.05) is 49.2 Å². The quantitative estimate of drug-likeness (QED) is 0.347. The van der Waals surface area contributed by atoms with E-state index in [1.54, 1.807) is 29.1 Å². The maximum Gasteiger partial charge on any atom is 0.278 e. The van der Waals surface area contributed by atoms with E-state index in [0.717, 1.165) is 44.7 Å². The van der Waals surface area contributed by atoms with E-state index in [4.69, 9.17) is 14.7 Å². The average molecular weight is 555 g/mol. The van der Waals surface area contributed by atoms with Crippen molar-refractivity contribution in [2.24, 2.45) is 5.41 Å². The minimum Gasteiger partial charge on any atom is -0.491 e. The highest BCUT2D eigenvalue weighted by Gasteiger charge is 2.61. The Bertz CT molecular complexity index is 1700. The van der Waals surface area contributed by atoms with Crippen molar-refractivity contribution in [2.75, 3.05) is 50.1 Å². The number of nitrogens with zero attached hydrogens (tertiary/aromatic N) is 7. The van der Waals surface area contributed by atoms with Crippen molar-refractivity contribution < 1.29 is 9.84 Å². The van der Waals surface area contributed by atoms with E-state index < -0.39 is 5.60 Å². The summed E-state index contributed by atoms with van der Waals surface area (Å²) >= 11 is 0. The molecule has 0 bridgehead atoms. The number of aliphatic hydroxyl groups is 1. The van der Waals surface area contributed by atoms with Crippen LogP contribution in [-0.4, -0.2) is 74.2 Å². The lowest BCUT2D eigenvalue weighted by molar-refractivity contribution is -0.0632. The molecule has 11 nitrogen and oxygen atoms in total. The van der Waals surface area contributed by atoms with Crippen molar-refractivity contribution in [2.45, 2.75) is 31.9 Å². The summed E-state index contributed by atoms with van der Waals surface area (Å²) in [5.74, 6) is 1.38. The monoisotopic (exact) mass is 554 g/mol. The topological polar surface area (TPSA) is 114 Å². The van der Waals surface area contributed by atoms with Crippen LogP contribution >= 0.6 is 0 Å². The second kappa shape index (κ2) is 9.42. The fourth-order valence-electron chi connectivity index (χ4n) is 5.97. The Morgan fingerprint density at radius 3 is 2.56 bits per heavy atom. The molecule has 212 valence electrons. The molecule has 1 aliphatic carbocycles. The lowest BCUT2D eigenvalue weighted by Crippen LogP contribution is -2.44. The standard InChI is InChI=1S/C30H34N8O3/c1-4-13-37-27(39)22-18-31-28(32-20-5-7-21(8-6-20)36-16-14-35(3)15-17-36)34-26(22)38(37)24-10-9-23-25(33-24)29(2,40)30(11-12-30)19-41-23/h4-10,18,40H,1,11-17,19H2,2-3H3,(H,31,32,34). The van der Waals surface area contributed by atoms with Gasteiger partial charge in [0.15, 0.2) is 11.5 Å². The first-order valence-corrected chi connectivity index (χ1v) is 14.1. The van der Waals surface area contributed by atoms with Gasteiger partial charge in [-0.1, -0.05) is 6.08 Å². The van der Waals surface area contributed by atoms with Crippen molar-refractivity contribution in [1.82, 2.24) is 29.2 Å². The van der Waals surface area contributed by atoms with Crippen LogP contribution in [0.3, 0.4) is 0 Å². The highest BCUT2D eigenvalue weighted by Crippen LogP contribution is 2.61. The molecule has 1 saturated carbocycles. The van der Waals surface area contributed by atoms with Crippen molar-refractivity contribution in [3.8, 4) is 11.6 Å². The molecule has 2 N–H and O–H groups in total. The molecule has 1 unspecified atom stereocenters. The number of fused-ring (bicyclic) bond motifs is 2. The van der Waals surface area contributed by atoms with E-state index in [9.17, 15) is 9.90 Å². The molecule has 2 fully saturated rings. The van der Waals surface area contributed by atoms with Gasteiger partial charge in [-0.05, 0) is 63.2 Å². The summed E-state index contributed by atoms with van der Waals surface area (Å²) in [6.07, 6.45) is 4.97. The molecule has 4 aromatic rings. The second-order valence-corrected chi connectivity index (χ2v) is 11.5. The first kappa shape index (κ1) is 25.7. The molecular formula is C30H34N8O3. The molecule has 41 heavy (non-hydrogen) atoms. The van der Waals surface area contributed by atoms with E-state index in [2.05, 4.69) is 45.9 Å². The Kier molecular flexibility index (Phi) is 5.91. The number of nitrogens with one attached hydrogen (secondary N) is 1. The third-order valence-corrected chi connectivity index (χ3v) is 8.88. The maximum absolute atomic E-state index is 13.4. The van der Waals surface area contributed by atoms with Gasteiger partial charge in [-0.2, -0.15) is 4.98 Å². The number of hydrogen-bond donors (Lipinski definition) is 2. The average Bonchev–Trinajstić information content (AvgIpc) is 3.72. The van der Waals surface area contributed by atoms with Crippen LogP contribution in [0.4, 0.5) is 17.3 Å². The van der Waals surface area contributed by atoms with Gasteiger partial charge in [-0.25, -0.2) is 19.3 Å². The van der Waals surface area contributed by atoms with Gasteiger partial charge in [-0.3, -0.25) is 4.79 Å². The molecule has 5 heterocycles. The molecule has 1 atom stereocenters. The Morgan fingerprint density at radius 2 is 1.85 bits per heavy atom.